The van der Waals surface area contributed by atoms with E-state index in [1.165, 1.54) is 12.0 Å². The summed E-state index contributed by atoms with van der Waals surface area (Å²) in [4.78, 5) is 11.0. The zero-order chi connectivity index (χ0) is 17.4. The summed E-state index contributed by atoms with van der Waals surface area (Å²) >= 11 is 0. The lowest BCUT2D eigenvalue weighted by Gasteiger charge is -2.25. The highest BCUT2D eigenvalue weighted by Crippen LogP contribution is 2.22. The molecule has 3 heteroatoms. The lowest BCUT2D eigenvalue weighted by Crippen LogP contribution is -2.29. The van der Waals surface area contributed by atoms with Crippen molar-refractivity contribution >= 4 is 5.97 Å². The van der Waals surface area contributed by atoms with Gasteiger partial charge in [-0.2, -0.15) is 0 Å². The second kappa shape index (κ2) is 8.65. The molecule has 0 unspecified atom stereocenters. The molecule has 0 atom stereocenters. The average molecular weight is 325 g/mol. The van der Waals surface area contributed by atoms with E-state index >= 15 is 0 Å². The van der Waals surface area contributed by atoms with E-state index in [0.29, 0.717) is 12.1 Å². The third-order valence-corrected chi connectivity index (χ3v) is 4.27. The topological polar surface area (TPSA) is 49.3 Å². The van der Waals surface area contributed by atoms with Crippen molar-refractivity contribution in [2.75, 3.05) is 6.54 Å². The third-order valence-electron chi connectivity index (χ3n) is 4.27. The van der Waals surface area contributed by atoms with Crippen molar-refractivity contribution in [3.8, 4) is 0 Å². The molecule has 0 saturated heterocycles. The van der Waals surface area contributed by atoms with Gasteiger partial charge in [0.15, 0.2) is 0 Å². The molecular weight excluding hydrogens is 298 g/mol. The zero-order valence-electron chi connectivity index (χ0n) is 14.6. The number of carboxylic acid groups (broad SMARTS) is 1. The highest BCUT2D eigenvalue weighted by molar-refractivity contribution is 5.87. The van der Waals surface area contributed by atoms with E-state index in [1.807, 2.05) is 6.07 Å². The molecule has 0 saturated carbocycles. The van der Waals surface area contributed by atoms with Crippen LogP contribution in [0.15, 0.2) is 54.6 Å². The first-order valence-corrected chi connectivity index (χ1v) is 8.53. The molecule has 2 aromatic rings. The van der Waals surface area contributed by atoms with Gasteiger partial charge in [0.2, 0.25) is 0 Å². The fourth-order valence-corrected chi connectivity index (χ4v) is 2.86. The number of aryl methyl sites for hydroxylation is 1. The first-order valence-electron chi connectivity index (χ1n) is 8.53. The normalized spacial score (nSPS) is 11.4. The fourth-order valence-electron chi connectivity index (χ4n) is 2.86. The van der Waals surface area contributed by atoms with Gasteiger partial charge in [-0.15, -0.1) is 0 Å². The Balaban J connectivity index is 1.74. The van der Waals surface area contributed by atoms with Crippen LogP contribution < -0.4 is 5.32 Å². The molecule has 0 spiro atoms. The smallest absolute Gasteiger partial charge is 0.335 e. The Kier molecular flexibility index (Phi) is 6.56. The Morgan fingerprint density at radius 1 is 1.04 bits per heavy atom. The van der Waals surface area contributed by atoms with Crippen LogP contribution in [0.2, 0.25) is 0 Å². The van der Waals surface area contributed by atoms with Gasteiger partial charge in [0.1, 0.15) is 0 Å². The minimum atomic E-state index is -0.877. The molecule has 0 fully saturated rings. The Bertz CT molecular complexity index is 650. The van der Waals surface area contributed by atoms with Crippen LogP contribution in [0.25, 0.3) is 0 Å². The van der Waals surface area contributed by atoms with E-state index in [0.717, 1.165) is 24.9 Å². The fraction of sp³-hybridized carbons (Fsp3) is 0.381. The number of aromatic carboxylic acids is 1. The van der Waals surface area contributed by atoms with Gasteiger partial charge in [0, 0.05) is 13.1 Å². The van der Waals surface area contributed by atoms with Crippen LogP contribution in [0.4, 0.5) is 0 Å². The van der Waals surface area contributed by atoms with Gasteiger partial charge in [0.05, 0.1) is 5.56 Å². The molecule has 128 valence electrons. The molecule has 0 heterocycles. The van der Waals surface area contributed by atoms with Gasteiger partial charge in [-0.05, 0) is 47.9 Å². The number of carboxylic acids is 1. The predicted octanol–water partition coefficient (Wildman–Crippen LogP) is 4.52. The van der Waals surface area contributed by atoms with E-state index < -0.39 is 5.97 Å². The van der Waals surface area contributed by atoms with Crippen LogP contribution in [-0.2, 0) is 13.0 Å². The number of carbonyl (C=O) groups is 1. The van der Waals surface area contributed by atoms with Crippen molar-refractivity contribution in [1.82, 2.24) is 5.32 Å². The van der Waals surface area contributed by atoms with Crippen LogP contribution in [0.1, 0.15) is 48.2 Å². The molecule has 0 bridgehead atoms. The summed E-state index contributed by atoms with van der Waals surface area (Å²) in [6.07, 6.45) is 3.45. The van der Waals surface area contributed by atoms with E-state index in [4.69, 9.17) is 5.11 Å². The Morgan fingerprint density at radius 3 is 2.46 bits per heavy atom. The maximum atomic E-state index is 11.0. The summed E-state index contributed by atoms with van der Waals surface area (Å²) in [5, 5.41) is 12.5. The summed E-state index contributed by atoms with van der Waals surface area (Å²) < 4.78 is 0. The monoisotopic (exact) mass is 325 g/mol. The third kappa shape index (κ3) is 6.17. The Hall–Kier alpha value is -2.13. The van der Waals surface area contributed by atoms with Crippen LogP contribution in [0.3, 0.4) is 0 Å². The predicted molar refractivity (Wildman–Crippen MR) is 98.3 cm³/mol. The highest BCUT2D eigenvalue weighted by Gasteiger charge is 2.17. The Labute approximate surface area is 144 Å². The van der Waals surface area contributed by atoms with Crippen molar-refractivity contribution in [3.63, 3.8) is 0 Å². The minimum Gasteiger partial charge on any atom is -0.478 e. The second-order valence-corrected chi connectivity index (χ2v) is 7.11. The molecule has 0 aromatic heterocycles. The average Bonchev–Trinajstić information content (AvgIpc) is 2.56. The quantitative estimate of drug-likeness (QED) is 0.712. The number of hydrogen-bond donors (Lipinski definition) is 2. The number of rotatable bonds is 9. The zero-order valence-corrected chi connectivity index (χ0v) is 14.6. The molecular formula is C21H27NO2. The molecule has 0 radical (unpaired) electrons. The van der Waals surface area contributed by atoms with Gasteiger partial charge in [-0.1, -0.05) is 56.3 Å². The largest absolute Gasteiger partial charge is 0.478 e. The van der Waals surface area contributed by atoms with E-state index in [1.54, 1.807) is 18.2 Å². The SMILES string of the molecule is CC(C)(CCCc1ccccc1)CNCc1cccc(C(=O)O)c1. The molecule has 0 aliphatic carbocycles. The molecule has 0 aliphatic rings. The number of hydrogen-bond acceptors (Lipinski definition) is 2. The van der Waals surface area contributed by atoms with Gasteiger partial charge >= 0.3 is 5.97 Å². The summed E-state index contributed by atoms with van der Waals surface area (Å²) in [5.41, 5.74) is 2.97. The van der Waals surface area contributed by atoms with Crippen molar-refractivity contribution in [3.05, 3.63) is 71.3 Å². The van der Waals surface area contributed by atoms with Gasteiger partial charge in [0.25, 0.3) is 0 Å². The van der Waals surface area contributed by atoms with Crippen LogP contribution in [0.5, 0.6) is 0 Å². The summed E-state index contributed by atoms with van der Waals surface area (Å²) in [6, 6.07) is 17.7. The lowest BCUT2D eigenvalue weighted by molar-refractivity contribution is 0.0696. The van der Waals surface area contributed by atoms with E-state index in [9.17, 15) is 4.79 Å². The molecule has 2 N–H and O–H groups in total. The molecule has 0 aliphatic heterocycles. The first-order chi connectivity index (χ1) is 11.5. The molecule has 0 amide bonds. The van der Waals surface area contributed by atoms with Crippen molar-refractivity contribution in [1.29, 1.82) is 0 Å². The maximum absolute atomic E-state index is 11.0. The molecule has 2 aromatic carbocycles. The highest BCUT2D eigenvalue weighted by atomic mass is 16.4. The Morgan fingerprint density at radius 2 is 1.75 bits per heavy atom. The standard InChI is InChI=1S/C21H27NO2/c1-21(2,13-7-11-17-8-4-3-5-9-17)16-22-15-18-10-6-12-19(14-18)20(23)24/h3-6,8-10,12,14,22H,7,11,13,15-16H2,1-2H3,(H,23,24). The lowest BCUT2D eigenvalue weighted by atomic mass is 9.86. The van der Waals surface area contributed by atoms with E-state index in [2.05, 4.69) is 49.5 Å². The second-order valence-electron chi connectivity index (χ2n) is 7.11. The number of nitrogens with one attached hydrogen (secondary N) is 1. The van der Waals surface area contributed by atoms with Crippen LogP contribution in [-0.4, -0.2) is 17.6 Å². The van der Waals surface area contributed by atoms with Crippen LogP contribution in [0, 0.1) is 5.41 Å². The number of benzene rings is 2. The summed E-state index contributed by atoms with van der Waals surface area (Å²) in [7, 11) is 0. The van der Waals surface area contributed by atoms with Gasteiger partial charge in [-0.25, -0.2) is 4.79 Å². The van der Waals surface area contributed by atoms with Crippen molar-refractivity contribution in [2.45, 2.75) is 39.7 Å². The summed E-state index contributed by atoms with van der Waals surface area (Å²) in [5.74, 6) is -0.877. The van der Waals surface area contributed by atoms with Crippen molar-refractivity contribution < 1.29 is 9.90 Å². The van der Waals surface area contributed by atoms with Crippen LogP contribution >= 0.6 is 0 Å². The van der Waals surface area contributed by atoms with Gasteiger partial charge < -0.3 is 10.4 Å². The maximum Gasteiger partial charge on any atom is 0.335 e. The molecule has 24 heavy (non-hydrogen) atoms. The minimum absolute atomic E-state index is 0.221. The first kappa shape index (κ1) is 18.2. The summed E-state index contributed by atoms with van der Waals surface area (Å²) in [6.45, 7) is 6.17. The van der Waals surface area contributed by atoms with E-state index in [-0.39, 0.29) is 5.41 Å². The molecule has 2 rings (SSSR count). The van der Waals surface area contributed by atoms with Crippen molar-refractivity contribution in [2.24, 2.45) is 5.41 Å². The molecule has 3 nitrogen and oxygen atoms in total. The van der Waals surface area contributed by atoms with Gasteiger partial charge in [-0.3, -0.25) is 0 Å².